The number of benzene rings is 1. The highest BCUT2D eigenvalue weighted by atomic mass is 127. The second-order valence-electron chi connectivity index (χ2n) is 5.29. The highest BCUT2D eigenvalue weighted by molar-refractivity contribution is 14.1. The molecule has 0 spiro atoms. The van der Waals surface area contributed by atoms with E-state index in [1.54, 1.807) is 19.2 Å². The molecule has 6 heteroatoms. The number of para-hydroxylation sites is 1. The number of hydrogen-bond donors (Lipinski definition) is 0. The van der Waals surface area contributed by atoms with E-state index in [-0.39, 0.29) is 0 Å². The molecule has 1 atom stereocenters. The Morgan fingerprint density at radius 2 is 2.00 bits per heavy atom. The molecule has 1 heterocycles. The third-order valence-corrected chi connectivity index (χ3v) is 7.10. The van der Waals surface area contributed by atoms with Gasteiger partial charge in [0.05, 0.1) is 5.52 Å². The highest BCUT2D eigenvalue weighted by Gasteiger charge is 2.41. The van der Waals surface area contributed by atoms with E-state index in [0.717, 1.165) is 13.4 Å². The van der Waals surface area contributed by atoms with Crippen molar-refractivity contribution in [1.29, 1.82) is 0 Å². The summed E-state index contributed by atoms with van der Waals surface area (Å²) in [5.74, 6) is 0. The fourth-order valence-corrected chi connectivity index (χ4v) is 7.03. The maximum Gasteiger partial charge on any atom is 0.248 e. The lowest BCUT2D eigenvalue weighted by atomic mass is 10.0. The fourth-order valence-electron chi connectivity index (χ4n) is 2.58. The summed E-state index contributed by atoms with van der Waals surface area (Å²) >= 11 is 5.61. The number of fused-ring (bicyclic) bond motifs is 1. The molecule has 0 saturated carbocycles. The van der Waals surface area contributed by atoms with Crippen molar-refractivity contribution in [2.45, 2.75) is 18.1 Å². The van der Waals surface area contributed by atoms with Crippen LogP contribution in [0, 0.1) is 0 Å². The number of hydrogen-bond acceptors (Lipinski definition) is 2. The zero-order valence-electron chi connectivity index (χ0n) is 11.3. The monoisotopic (exact) mass is 477 g/mol. The molecule has 1 aliphatic rings. The van der Waals surface area contributed by atoms with E-state index >= 15 is 0 Å². The Kier molecular flexibility index (Phi) is 3.82. The molecule has 1 aliphatic carbocycles. The minimum absolute atomic E-state index is 0.484. The maximum absolute atomic E-state index is 13.1. The van der Waals surface area contributed by atoms with Crippen molar-refractivity contribution >= 4 is 59.4 Å². The smallest absolute Gasteiger partial charge is 0.244 e. The Balaban J connectivity index is 2.20. The van der Waals surface area contributed by atoms with E-state index in [4.69, 9.17) is 0 Å². The van der Waals surface area contributed by atoms with E-state index in [2.05, 4.69) is 38.5 Å². The standard InChI is InChI=1S/C15H13BrINO2S/c1-15(9-12(16)8-13(17)10-15)21(19,20)18-7-6-11-4-2-3-5-14(11)18/h2-9H,10H2,1H3. The summed E-state index contributed by atoms with van der Waals surface area (Å²) in [6.45, 7) is 1.77. The minimum atomic E-state index is -3.55. The first kappa shape index (κ1) is 15.3. The predicted octanol–water partition coefficient (Wildman–Crippen LogP) is 4.58. The minimum Gasteiger partial charge on any atom is -0.244 e. The van der Waals surface area contributed by atoms with Gasteiger partial charge in [0.15, 0.2) is 0 Å². The van der Waals surface area contributed by atoms with Gasteiger partial charge in [0.25, 0.3) is 0 Å². The number of rotatable bonds is 2. The maximum atomic E-state index is 13.1. The molecule has 3 nitrogen and oxygen atoms in total. The summed E-state index contributed by atoms with van der Waals surface area (Å²) in [5, 5.41) is 0.925. The van der Waals surface area contributed by atoms with Crippen LogP contribution in [0.4, 0.5) is 0 Å². The van der Waals surface area contributed by atoms with Crippen LogP contribution in [-0.4, -0.2) is 17.1 Å². The second kappa shape index (κ2) is 5.24. The van der Waals surface area contributed by atoms with Crippen LogP contribution < -0.4 is 0 Å². The van der Waals surface area contributed by atoms with Gasteiger partial charge in [-0.05, 0) is 57.4 Å². The molecule has 0 radical (unpaired) electrons. The van der Waals surface area contributed by atoms with Gasteiger partial charge in [-0.2, -0.15) is 0 Å². The molecule has 0 N–H and O–H groups in total. The van der Waals surface area contributed by atoms with Gasteiger partial charge in [-0.25, -0.2) is 12.4 Å². The van der Waals surface area contributed by atoms with Crippen LogP contribution in [0.1, 0.15) is 13.3 Å². The Bertz CT molecular complexity index is 882. The van der Waals surface area contributed by atoms with Crippen LogP contribution in [0.2, 0.25) is 0 Å². The molecular weight excluding hydrogens is 465 g/mol. The van der Waals surface area contributed by atoms with Crippen LogP contribution >= 0.6 is 38.5 Å². The zero-order chi connectivity index (χ0) is 15.3. The van der Waals surface area contributed by atoms with Gasteiger partial charge < -0.3 is 0 Å². The van der Waals surface area contributed by atoms with Crippen LogP contribution in [0.15, 0.2) is 56.7 Å². The van der Waals surface area contributed by atoms with Crippen molar-refractivity contribution in [3.63, 3.8) is 0 Å². The van der Waals surface area contributed by atoms with Gasteiger partial charge in [-0.15, -0.1) is 0 Å². The Morgan fingerprint density at radius 3 is 2.71 bits per heavy atom. The quantitative estimate of drug-likeness (QED) is 0.594. The first-order valence-corrected chi connectivity index (χ1v) is 9.70. The molecule has 0 bridgehead atoms. The summed E-state index contributed by atoms with van der Waals surface area (Å²) in [6, 6.07) is 9.34. The molecule has 0 saturated heterocycles. The first-order chi connectivity index (χ1) is 9.83. The molecule has 3 rings (SSSR count). The lowest BCUT2D eigenvalue weighted by Gasteiger charge is -2.29. The first-order valence-electron chi connectivity index (χ1n) is 6.39. The van der Waals surface area contributed by atoms with Crippen molar-refractivity contribution in [2.24, 2.45) is 0 Å². The largest absolute Gasteiger partial charge is 0.248 e. The molecule has 1 aromatic heterocycles. The molecule has 21 heavy (non-hydrogen) atoms. The van der Waals surface area contributed by atoms with Crippen LogP contribution in [-0.2, 0) is 10.0 Å². The Morgan fingerprint density at radius 1 is 1.29 bits per heavy atom. The topological polar surface area (TPSA) is 39.1 Å². The number of aromatic nitrogens is 1. The summed E-state index contributed by atoms with van der Waals surface area (Å²) in [5.41, 5.74) is 0.716. The van der Waals surface area contributed by atoms with Gasteiger partial charge in [0, 0.05) is 22.5 Å². The van der Waals surface area contributed by atoms with E-state index in [1.807, 2.05) is 36.4 Å². The molecular formula is C15H13BrINO2S. The number of nitrogens with zero attached hydrogens (tertiary/aromatic N) is 1. The predicted molar refractivity (Wildman–Crippen MR) is 98.4 cm³/mol. The molecule has 1 aromatic carbocycles. The highest BCUT2D eigenvalue weighted by Crippen LogP contribution is 2.39. The van der Waals surface area contributed by atoms with Crippen molar-refractivity contribution in [3.05, 3.63) is 56.7 Å². The lowest BCUT2D eigenvalue weighted by Crippen LogP contribution is -2.38. The molecule has 110 valence electrons. The molecule has 0 amide bonds. The number of halogens is 2. The molecule has 1 unspecified atom stereocenters. The van der Waals surface area contributed by atoms with Crippen molar-refractivity contribution in [2.75, 3.05) is 0 Å². The average molecular weight is 478 g/mol. The molecule has 0 fully saturated rings. The van der Waals surface area contributed by atoms with Gasteiger partial charge >= 0.3 is 0 Å². The average Bonchev–Trinajstić information content (AvgIpc) is 2.81. The van der Waals surface area contributed by atoms with Crippen LogP contribution in [0.3, 0.4) is 0 Å². The molecule has 2 aromatic rings. The Hall–Kier alpha value is -0.600. The van der Waals surface area contributed by atoms with E-state index in [0.29, 0.717) is 11.9 Å². The normalized spacial score (nSPS) is 23.0. The third kappa shape index (κ3) is 2.51. The molecule has 0 aliphatic heterocycles. The van der Waals surface area contributed by atoms with E-state index in [9.17, 15) is 8.42 Å². The van der Waals surface area contributed by atoms with Gasteiger partial charge in [0.2, 0.25) is 10.0 Å². The SMILES string of the molecule is CC1(S(=O)(=O)n2ccc3ccccc32)C=C(Br)C=C(I)C1. The van der Waals surface area contributed by atoms with Crippen molar-refractivity contribution in [1.82, 2.24) is 3.97 Å². The van der Waals surface area contributed by atoms with Gasteiger partial charge in [-0.3, -0.25) is 0 Å². The van der Waals surface area contributed by atoms with E-state index < -0.39 is 14.8 Å². The van der Waals surface area contributed by atoms with Crippen molar-refractivity contribution in [3.8, 4) is 0 Å². The third-order valence-electron chi connectivity index (χ3n) is 3.67. The summed E-state index contributed by atoms with van der Waals surface area (Å²) in [7, 11) is -3.55. The lowest BCUT2D eigenvalue weighted by molar-refractivity contribution is 0.554. The van der Waals surface area contributed by atoms with Gasteiger partial charge in [-0.1, -0.05) is 34.1 Å². The summed E-state index contributed by atoms with van der Waals surface area (Å²) in [4.78, 5) is 0. The second-order valence-corrected chi connectivity index (χ2v) is 9.86. The summed E-state index contributed by atoms with van der Waals surface area (Å²) < 4.78 is 28.5. The van der Waals surface area contributed by atoms with Gasteiger partial charge in [0.1, 0.15) is 4.75 Å². The Labute approximate surface area is 146 Å². The summed E-state index contributed by atoms with van der Waals surface area (Å²) in [6.07, 6.45) is 5.85. The fraction of sp³-hybridized carbons (Fsp3) is 0.200. The van der Waals surface area contributed by atoms with Crippen LogP contribution in [0.5, 0.6) is 0 Å². The van der Waals surface area contributed by atoms with E-state index in [1.165, 1.54) is 3.97 Å². The zero-order valence-corrected chi connectivity index (χ0v) is 15.8. The number of allylic oxidation sites excluding steroid dienone is 3. The van der Waals surface area contributed by atoms with Crippen molar-refractivity contribution < 1.29 is 8.42 Å². The van der Waals surface area contributed by atoms with Crippen LogP contribution in [0.25, 0.3) is 10.9 Å².